The number of rotatable bonds is 4. The fourth-order valence-corrected chi connectivity index (χ4v) is 3.54. The van der Waals surface area contributed by atoms with Gasteiger partial charge in [-0.05, 0) is 42.8 Å². The van der Waals surface area contributed by atoms with Crippen molar-refractivity contribution in [3.63, 3.8) is 0 Å². The molecule has 0 aliphatic rings. The Morgan fingerprint density at radius 3 is 2.37 bits per heavy atom. The number of aromatic nitrogens is 1. The zero-order valence-electron chi connectivity index (χ0n) is 13.9. The number of benzene rings is 2. The molecule has 1 aromatic heterocycles. The van der Waals surface area contributed by atoms with Gasteiger partial charge in [-0.3, -0.25) is 5.32 Å². The number of hydrogen-bond donors (Lipinski definition) is 1. The molecule has 2 aromatic carbocycles. The topological polar surface area (TPSA) is 64.4 Å². The number of anilines is 1. The number of carbonyl (C=O) groups is 1. The lowest BCUT2D eigenvalue weighted by Crippen LogP contribution is -2.14. The number of ether oxygens (including phenoxy) is 1. The van der Waals surface area contributed by atoms with E-state index in [2.05, 4.69) is 10.5 Å². The van der Waals surface area contributed by atoms with Gasteiger partial charge in [-0.2, -0.15) is 0 Å². The van der Waals surface area contributed by atoms with E-state index >= 15 is 0 Å². The van der Waals surface area contributed by atoms with E-state index in [4.69, 9.17) is 55.7 Å². The lowest BCUT2D eigenvalue weighted by atomic mass is 10.1. The largest absolute Gasteiger partial charge is 0.444 e. The average Bonchev–Trinajstić information content (AvgIpc) is 2.93. The highest BCUT2D eigenvalue weighted by atomic mass is 35.5. The van der Waals surface area contributed by atoms with E-state index in [0.29, 0.717) is 48.4 Å². The molecule has 27 heavy (non-hydrogen) atoms. The van der Waals surface area contributed by atoms with Crippen LogP contribution >= 0.6 is 46.4 Å². The van der Waals surface area contributed by atoms with Gasteiger partial charge in [-0.25, -0.2) is 4.79 Å². The molecule has 0 radical (unpaired) electrons. The van der Waals surface area contributed by atoms with Crippen LogP contribution in [0.4, 0.5) is 10.5 Å². The molecular formula is C18H12Cl4N2O3. The van der Waals surface area contributed by atoms with E-state index in [0.717, 1.165) is 0 Å². The SMILES string of the molecule is Cc1onc(-c2c(Cl)cccc2Cl)c1NC(=O)OCc1cc(Cl)cc(Cl)c1. The quantitative estimate of drug-likeness (QED) is 0.468. The van der Waals surface area contributed by atoms with Crippen molar-refractivity contribution in [3.8, 4) is 11.3 Å². The lowest BCUT2D eigenvalue weighted by Gasteiger charge is -2.09. The van der Waals surface area contributed by atoms with Gasteiger partial charge in [0.2, 0.25) is 0 Å². The molecule has 0 aliphatic carbocycles. The normalized spacial score (nSPS) is 10.7. The Kier molecular flexibility index (Phi) is 6.17. The van der Waals surface area contributed by atoms with Gasteiger partial charge < -0.3 is 9.26 Å². The van der Waals surface area contributed by atoms with Crippen LogP contribution in [0.1, 0.15) is 11.3 Å². The highest BCUT2D eigenvalue weighted by Crippen LogP contribution is 2.39. The second kappa shape index (κ2) is 8.40. The summed E-state index contributed by atoms with van der Waals surface area (Å²) >= 11 is 24.3. The molecule has 0 unspecified atom stereocenters. The first-order chi connectivity index (χ1) is 12.8. The Balaban J connectivity index is 1.78. The van der Waals surface area contributed by atoms with Crippen molar-refractivity contribution in [3.05, 3.63) is 67.8 Å². The van der Waals surface area contributed by atoms with Crippen molar-refractivity contribution < 1.29 is 14.1 Å². The van der Waals surface area contributed by atoms with E-state index in [9.17, 15) is 4.79 Å². The van der Waals surface area contributed by atoms with Crippen LogP contribution in [0.2, 0.25) is 20.1 Å². The van der Waals surface area contributed by atoms with E-state index in [1.54, 1.807) is 43.3 Å². The molecule has 0 bridgehead atoms. The lowest BCUT2D eigenvalue weighted by molar-refractivity contribution is 0.155. The molecule has 0 saturated carbocycles. The van der Waals surface area contributed by atoms with Gasteiger partial charge in [-0.1, -0.05) is 57.6 Å². The maximum atomic E-state index is 12.2. The maximum absolute atomic E-state index is 12.2. The Labute approximate surface area is 175 Å². The van der Waals surface area contributed by atoms with Crippen LogP contribution in [0.5, 0.6) is 0 Å². The predicted octanol–water partition coefficient (Wildman–Crippen LogP) is 7.01. The molecule has 140 valence electrons. The van der Waals surface area contributed by atoms with Crippen molar-refractivity contribution in [1.29, 1.82) is 0 Å². The Morgan fingerprint density at radius 1 is 1.11 bits per heavy atom. The molecule has 0 spiro atoms. The second-order valence-electron chi connectivity index (χ2n) is 5.54. The molecule has 3 rings (SSSR count). The van der Waals surface area contributed by atoms with Crippen molar-refractivity contribution in [2.45, 2.75) is 13.5 Å². The van der Waals surface area contributed by atoms with Crippen molar-refractivity contribution in [1.82, 2.24) is 5.16 Å². The standard InChI is InChI=1S/C18H12Cl4N2O3/c1-9-16(17(24-27-9)15-13(21)3-2-4-14(15)22)23-18(25)26-8-10-5-11(19)7-12(20)6-10/h2-7H,8H2,1H3,(H,23,25). The summed E-state index contributed by atoms with van der Waals surface area (Å²) in [7, 11) is 0. The fourth-order valence-electron chi connectivity index (χ4n) is 2.40. The summed E-state index contributed by atoms with van der Waals surface area (Å²) in [6.45, 7) is 1.63. The highest BCUT2D eigenvalue weighted by Gasteiger charge is 2.21. The van der Waals surface area contributed by atoms with Gasteiger partial charge in [0.05, 0.1) is 10.0 Å². The number of aryl methyl sites for hydroxylation is 1. The van der Waals surface area contributed by atoms with E-state index in [-0.39, 0.29) is 6.61 Å². The molecule has 3 aromatic rings. The number of halogens is 4. The third-order valence-corrected chi connectivity index (χ3v) is 4.65. The monoisotopic (exact) mass is 444 g/mol. The first-order valence-electron chi connectivity index (χ1n) is 7.64. The summed E-state index contributed by atoms with van der Waals surface area (Å²) in [4.78, 5) is 12.2. The van der Waals surface area contributed by atoms with Crippen molar-refractivity contribution in [2.24, 2.45) is 0 Å². The minimum atomic E-state index is -0.707. The Hall–Kier alpha value is -1.92. The number of amides is 1. The van der Waals surface area contributed by atoms with Crippen LogP contribution in [0.15, 0.2) is 40.9 Å². The van der Waals surface area contributed by atoms with E-state index in [1.165, 1.54) is 0 Å². The van der Waals surface area contributed by atoms with Gasteiger partial charge in [0.15, 0.2) is 5.76 Å². The van der Waals surface area contributed by atoms with Gasteiger partial charge in [-0.15, -0.1) is 0 Å². The second-order valence-corrected chi connectivity index (χ2v) is 7.23. The minimum absolute atomic E-state index is 0.0153. The van der Waals surface area contributed by atoms with Crippen LogP contribution < -0.4 is 5.32 Å². The maximum Gasteiger partial charge on any atom is 0.412 e. The van der Waals surface area contributed by atoms with Crippen molar-refractivity contribution >= 4 is 58.2 Å². The van der Waals surface area contributed by atoms with Gasteiger partial charge in [0.1, 0.15) is 18.0 Å². The molecule has 0 aliphatic heterocycles. The first-order valence-corrected chi connectivity index (χ1v) is 9.15. The fraction of sp³-hybridized carbons (Fsp3) is 0.111. The number of nitrogens with one attached hydrogen (secondary N) is 1. The molecule has 0 fully saturated rings. The van der Waals surface area contributed by atoms with Gasteiger partial charge in [0, 0.05) is 15.6 Å². The molecule has 1 N–H and O–H groups in total. The summed E-state index contributed by atoms with van der Waals surface area (Å²) < 4.78 is 10.4. The summed E-state index contributed by atoms with van der Waals surface area (Å²) in [5, 5.41) is 8.22. The van der Waals surface area contributed by atoms with Crippen LogP contribution in [-0.2, 0) is 11.3 Å². The van der Waals surface area contributed by atoms with Crippen LogP contribution in [0, 0.1) is 6.92 Å². The zero-order valence-corrected chi connectivity index (χ0v) is 16.9. The molecule has 1 amide bonds. The Morgan fingerprint density at radius 2 is 1.74 bits per heavy atom. The van der Waals surface area contributed by atoms with Gasteiger partial charge in [0.25, 0.3) is 0 Å². The first kappa shape index (κ1) is 19.8. The van der Waals surface area contributed by atoms with Crippen LogP contribution in [0.25, 0.3) is 11.3 Å². The zero-order chi connectivity index (χ0) is 19.6. The molecule has 0 saturated heterocycles. The smallest absolute Gasteiger partial charge is 0.412 e. The third-order valence-electron chi connectivity index (χ3n) is 3.58. The number of hydrogen-bond acceptors (Lipinski definition) is 4. The molecule has 1 heterocycles. The average molecular weight is 446 g/mol. The molecular weight excluding hydrogens is 434 g/mol. The van der Waals surface area contributed by atoms with Crippen molar-refractivity contribution in [2.75, 3.05) is 5.32 Å². The summed E-state index contributed by atoms with van der Waals surface area (Å²) in [6.07, 6.45) is -0.707. The summed E-state index contributed by atoms with van der Waals surface area (Å²) in [5.41, 5.74) is 1.73. The molecule has 9 heteroatoms. The molecule has 5 nitrogen and oxygen atoms in total. The third kappa shape index (κ3) is 4.68. The summed E-state index contributed by atoms with van der Waals surface area (Å²) in [6, 6.07) is 9.93. The van der Waals surface area contributed by atoms with Crippen LogP contribution in [0.3, 0.4) is 0 Å². The predicted molar refractivity (Wildman–Crippen MR) is 107 cm³/mol. The highest BCUT2D eigenvalue weighted by molar-refractivity contribution is 6.39. The van der Waals surface area contributed by atoms with Crippen LogP contribution in [-0.4, -0.2) is 11.2 Å². The minimum Gasteiger partial charge on any atom is -0.444 e. The number of carbonyl (C=O) groups excluding carboxylic acids is 1. The van der Waals surface area contributed by atoms with Gasteiger partial charge >= 0.3 is 6.09 Å². The van der Waals surface area contributed by atoms with E-state index in [1.807, 2.05) is 0 Å². The molecule has 0 atom stereocenters. The van der Waals surface area contributed by atoms with E-state index < -0.39 is 6.09 Å². The summed E-state index contributed by atoms with van der Waals surface area (Å²) in [5.74, 6) is 0.378. The Bertz CT molecular complexity index is 964. The number of nitrogens with zero attached hydrogens (tertiary/aromatic N) is 1.